The molecule has 0 aromatic heterocycles. The van der Waals surface area contributed by atoms with Crippen LogP contribution in [0, 0.1) is 0 Å². The summed E-state index contributed by atoms with van der Waals surface area (Å²) in [7, 11) is 0. The van der Waals surface area contributed by atoms with E-state index in [1.807, 2.05) is 24.3 Å². The van der Waals surface area contributed by atoms with Gasteiger partial charge in [0.05, 0.1) is 4.58 Å². The van der Waals surface area contributed by atoms with Crippen molar-refractivity contribution in [3.05, 3.63) is 67.6 Å². The Balaban J connectivity index is 2.01. The first-order valence-electron chi connectivity index (χ1n) is 8.18. The number of alkyl halides is 1. The molecule has 2 aromatic carbocycles. The minimum absolute atomic E-state index is 0.00805. The first-order valence-corrected chi connectivity index (χ1v) is 12.7. The molecular formula is C19H17BrCl4O2S2. The average molecular weight is 563 g/mol. The number of benzene rings is 2. The predicted octanol–water partition coefficient (Wildman–Crippen LogP) is 8.12. The van der Waals surface area contributed by atoms with Gasteiger partial charge in [0.25, 0.3) is 0 Å². The van der Waals surface area contributed by atoms with E-state index in [1.54, 1.807) is 42.6 Å². The minimum atomic E-state index is -0.348. The second kappa shape index (κ2) is 12.2. The fourth-order valence-electron chi connectivity index (χ4n) is 2.05. The molecule has 0 N–H and O–H groups in total. The maximum Gasteiger partial charge on any atom is 0.319 e. The summed E-state index contributed by atoms with van der Waals surface area (Å²) in [5.41, 5.74) is 1.96. The van der Waals surface area contributed by atoms with Crippen LogP contribution in [-0.4, -0.2) is 22.0 Å². The van der Waals surface area contributed by atoms with Gasteiger partial charge >= 0.3 is 5.97 Å². The van der Waals surface area contributed by atoms with E-state index in [-0.39, 0.29) is 22.0 Å². The van der Waals surface area contributed by atoms with Crippen LogP contribution in [-0.2, 0) is 21.0 Å². The van der Waals surface area contributed by atoms with E-state index in [0.29, 0.717) is 31.6 Å². The van der Waals surface area contributed by atoms with Crippen LogP contribution in [0.3, 0.4) is 0 Å². The van der Waals surface area contributed by atoms with E-state index in [1.165, 1.54) is 0 Å². The van der Waals surface area contributed by atoms with Crippen LogP contribution in [0.4, 0.5) is 0 Å². The number of halogens is 5. The zero-order valence-corrected chi connectivity index (χ0v) is 21.0. The molecule has 0 aliphatic rings. The van der Waals surface area contributed by atoms with Gasteiger partial charge in [-0.05, 0) is 42.3 Å². The molecule has 0 amide bonds. The van der Waals surface area contributed by atoms with Gasteiger partial charge in [0.15, 0.2) is 0 Å². The third-order valence-electron chi connectivity index (χ3n) is 3.57. The first-order chi connectivity index (χ1) is 13.3. The van der Waals surface area contributed by atoms with Crippen molar-refractivity contribution in [1.29, 1.82) is 0 Å². The van der Waals surface area contributed by atoms with E-state index < -0.39 is 0 Å². The van der Waals surface area contributed by atoms with Gasteiger partial charge in [0, 0.05) is 31.6 Å². The summed E-state index contributed by atoms with van der Waals surface area (Å²) in [5.74, 6) is 1.05. The molecule has 28 heavy (non-hydrogen) atoms. The van der Waals surface area contributed by atoms with Gasteiger partial charge in [0.1, 0.15) is 11.4 Å². The van der Waals surface area contributed by atoms with Gasteiger partial charge in [-0.25, -0.2) is 0 Å². The lowest BCUT2D eigenvalue weighted by Gasteiger charge is -2.18. The first kappa shape index (κ1) is 24.5. The van der Waals surface area contributed by atoms with Crippen LogP contribution in [0.15, 0.2) is 36.4 Å². The number of hydrogen-bond acceptors (Lipinski definition) is 4. The van der Waals surface area contributed by atoms with Gasteiger partial charge in [-0.3, -0.25) is 4.79 Å². The fraction of sp³-hybridized carbons (Fsp3) is 0.316. The highest BCUT2D eigenvalue weighted by molar-refractivity contribution is 9.10. The number of ether oxygens (including phenoxy) is 1. The zero-order chi connectivity index (χ0) is 20.7. The van der Waals surface area contributed by atoms with Crippen molar-refractivity contribution < 1.29 is 9.53 Å². The number of carbonyl (C=O) groups excluding carboxylic acids is 1. The Morgan fingerprint density at radius 3 is 1.82 bits per heavy atom. The second-order valence-electron chi connectivity index (χ2n) is 5.77. The summed E-state index contributed by atoms with van der Waals surface area (Å²) in [6.45, 7) is 2.01. The van der Waals surface area contributed by atoms with Crippen molar-refractivity contribution in [3.8, 4) is 0 Å². The van der Waals surface area contributed by atoms with Crippen LogP contribution < -0.4 is 0 Å². The van der Waals surface area contributed by atoms with Gasteiger partial charge in [0.2, 0.25) is 0 Å². The Morgan fingerprint density at radius 1 is 0.964 bits per heavy atom. The van der Waals surface area contributed by atoms with E-state index in [9.17, 15) is 4.79 Å². The number of thioether (sulfide) groups is 2. The van der Waals surface area contributed by atoms with Crippen LogP contribution in [0.25, 0.3) is 0 Å². The quantitative estimate of drug-likeness (QED) is 0.175. The van der Waals surface area contributed by atoms with Crippen molar-refractivity contribution in [1.82, 2.24) is 0 Å². The Morgan fingerprint density at radius 2 is 1.43 bits per heavy atom. The standard InChI is InChI=1S/C19H17BrCl4O2S2/c1-11(20)19(25)26-8-18(27-9-12-2-4-14(21)6-16(12)23)28-10-13-3-5-15(22)7-17(13)24/h2-7,11,18H,8-10H2,1H3. The molecule has 0 saturated carbocycles. The van der Waals surface area contributed by atoms with E-state index >= 15 is 0 Å². The number of carbonyl (C=O) groups is 1. The van der Waals surface area contributed by atoms with Crippen molar-refractivity contribution in [2.45, 2.75) is 27.8 Å². The Bertz CT molecular complexity index is 765. The molecule has 0 fully saturated rings. The van der Waals surface area contributed by atoms with Crippen molar-refractivity contribution in [2.24, 2.45) is 0 Å². The minimum Gasteiger partial charge on any atom is -0.463 e. The molecule has 0 bridgehead atoms. The van der Waals surface area contributed by atoms with Crippen molar-refractivity contribution >= 4 is 91.8 Å². The summed E-state index contributed by atoms with van der Waals surface area (Å²) < 4.78 is 5.41. The molecule has 1 atom stereocenters. The SMILES string of the molecule is CC(Br)C(=O)OCC(SCc1ccc(Cl)cc1Cl)SCc1ccc(Cl)cc1Cl. The van der Waals surface area contributed by atoms with E-state index in [2.05, 4.69) is 15.9 Å². The van der Waals surface area contributed by atoms with Crippen LogP contribution in [0.1, 0.15) is 18.1 Å². The van der Waals surface area contributed by atoms with Gasteiger partial charge < -0.3 is 4.74 Å². The van der Waals surface area contributed by atoms with Gasteiger partial charge in [-0.15, -0.1) is 23.5 Å². The molecule has 0 heterocycles. The lowest BCUT2D eigenvalue weighted by molar-refractivity contribution is -0.141. The maximum atomic E-state index is 11.8. The number of hydrogen-bond donors (Lipinski definition) is 0. The molecule has 2 rings (SSSR count). The summed E-state index contributed by atoms with van der Waals surface area (Å²) in [6, 6.07) is 10.9. The van der Waals surface area contributed by atoms with Crippen LogP contribution in [0.2, 0.25) is 20.1 Å². The molecule has 9 heteroatoms. The third kappa shape index (κ3) is 8.17. The van der Waals surface area contributed by atoms with Crippen molar-refractivity contribution in [3.63, 3.8) is 0 Å². The predicted molar refractivity (Wildman–Crippen MR) is 129 cm³/mol. The Hall–Kier alpha value is 0.250. The van der Waals surface area contributed by atoms with Crippen molar-refractivity contribution in [2.75, 3.05) is 6.61 Å². The smallest absolute Gasteiger partial charge is 0.319 e. The summed E-state index contributed by atoms with van der Waals surface area (Å²) >= 11 is 31.0. The molecule has 0 aliphatic heterocycles. The molecule has 0 radical (unpaired) electrons. The molecule has 0 spiro atoms. The molecule has 2 nitrogen and oxygen atoms in total. The molecule has 152 valence electrons. The lowest BCUT2D eigenvalue weighted by Crippen LogP contribution is -2.19. The highest BCUT2D eigenvalue weighted by Crippen LogP contribution is 2.34. The zero-order valence-electron chi connectivity index (χ0n) is 14.8. The number of rotatable bonds is 9. The Kier molecular flexibility index (Phi) is 10.7. The summed E-state index contributed by atoms with van der Waals surface area (Å²) in [5, 5.41) is 2.44. The molecule has 0 aliphatic carbocycles. The Labute approximate surface area is 202 Å². The molecule has 0 saturated heterocycles. The van der Waals surface area contributed by atoms with Crippen LogP contribution in [0.5, 0.6) is 0 Å². The monoisotopic (exact) mass is 560 g/mol. The molecule has 2 aromatic rings. The fourth-order valence-corrected chi connectivity index (χ4v) is 5.65. The van der Waals surface area contributed by atoms with Crippen LogP contribution >= 0.6 is 85.9 Å². The highest BCUT2D eigenvalue weighted by atomic mass is 79.9. The lowest BCUT2D eigenvalue weighted by atomic mass is 10.2. The van der Waals surface area contributed by atoms with Gasteiger partial charge in [-0.1, -0.05) is 74.5 Å². The summed E-state index contributed by atoms with van der Waals surface area (Å²) in [6.07, 6.45) is 0. The van der Waals surface area contributed by atoms with E-state index in [4.69, 9.17) is 51.1 Å². The summed E-state index contributed by atoms with van der Waals surface area (Å²) in [4.78, 5) is 11.5. The van der Waals surface area contributed by atoms with Gasteiger partial charge in [-0.2, -0.15) is 0 Å². The molecule has 1 unspecified atom stereocenters. The largest absolute Gasteiger partial charge is 0.463 e. The average Bonchev–Trinajstić information content (AvgIpc) is 2.63. The topological polar surface area (TPSA) is 26.3 Å². The third-order valence-corrected chi connectivity index (χ3v) is 7.90. The normalized spacial score (nSPS) is 12.2. The molecular weight excluding hydrogens is 546 g/mol. The van der Waals surface area contributed by atoms with E-state index in [0.717, 1.165) is 11.1 Å². The maximum absolute atomic E-state index is 11.8. The highest BCUT2D eigenvalue weighted by Gasteiger charge is 2.17. The number of esters is 1. The second-order valence-corrected chi connectivity index (χ2v) is 11.5.